The molecule has 0 spiro atoms. The van der Waals surface area contributed by atoms with Crippen molar-refractivity contribution in [2.24, 2.45) is 0 Å². The Hall–Kier alpha value is -2.70. The van der Waals surface area contributed by atoms with E-state index in [0.717, 1.165) is 11.0 Å². The Morgan fingerprint density at radius 1 is 1.30 bits per heavy atom. The van der Waals surface area contributed by atoms with Gasteiger partial charge in [-0.3, -0.25) is 4.79 Å². The van der Waals surface area contributed by atoms with Crippen LogP contribution in [0.5, 0.6) is 0 Å². The average Bonchev–Trinajstić information content (AvgIpc) is 2.59. The number of hydrogen-bond acceptors (Lipinski definition) is 4. The third kappa shape index (κ3) is 5.39. The Bertz CT molecular complexity index is 892. The van der Waals surface area contributed by atoms with Gasteiger partial charge in [0.2, 0.25) is 0 Å². The molecule has 1 amide bonds. The lowest BCUT2D eigenvalue weighted by Gasteiger charge is -2.22. The second-order valence-electron chi connectivity index (χ2n) is 5.93. The van der Waals surface area contributed by atoms with Gasteiger partial charge in [0.05, 0.1) is 12.1 Å². The van der Waals surface area contributed by atoms with Gasteiger partial charge in [0, 0.05) is 22.0 Å². The number of anilines is 2. The highest BCUT2D eigenvalue weighted by Gasteiger charge is 2.35. The van der Waals surface area contributed by atoms with Crippen molar-refractivity contribution in [1.82, 2.24) is 0 Å². The highest BCUT2D eigenvalue weighted by atomic mass is 32.2. The van der Waals surface area contributed by atoms with Crippen LogP contribution in [0, 0.1) is 6.57 Å². The lowest BCUT2D eigenvalue weighted by atomic mass is 10.1. The third-order valence-corrected chi connectivity index (χ3v) is 4.84. The van der Waals surface area contributed by atoms with E-state index in [1.54, 1.807) is 24.3 Å². The Morgan fingerprint density at radius 3 is 2.59 bits per heavy atom. The second-order valence-corrected chi connectivity index (χ2v) is 6.98. The van der Waals surface area contributed by atoms with Gasteiger partial charge in [0.15, 0.2) is 5.69 Å². The van der Waals surface area contributed by atoms with Crippen LogP contribution < -0.4 is 11.1 Å². The predicted molar refractivity (Wildman–Crippen MR) is 98.5 cm³/mol. The van der Waals surface area contributed by atoms with E-state index in [1.165, 1.54) is 24.8 Å². The zero-order chi connectivity index (χ0) is 20.2. The number of aliphatic hydroxyl groups is 1. The molecule has 9 heteroatoms. The van der Waals surface area contributed by atoms with Crippen LogP contribution in [-0.4, -0.2) is 22.4 Å². The van der Waals surface area contributed by atoms with Crippen LogP contribution in [-0.2, 0) is 11.0 Å². The Labute approximate surface area is 158 Å². The van der Waals surface area contributed by atoms with Crippen molar-refractivity contribution in [3.8, 4) is 0 Å². The minimum atomic E-state index is -4.73. The number of amides is 1. The molecule has 0 aliphatic rings. The first-order valence-electron chi connectivity index (χ1n) is 7.64. The van der Waals surface area contributed by atoms with E-state index in [0.29, 0.717) is 11.8 Å². The van der Waals surface area contributed by atoms with Gasteiger partial charge < -0.3 is 16.2 Å². The van der Waals surface area contributed by atoms with E-state index in [2.05, 4.69) is 10.2 Å². The fourth-order valence-electron chi connectivity index (χ4n) is 2.10. The fraction of sp³-hybridized carbons (Fsp3) is 0.222. The first-order chi connectivity index (χ1) is 12.5. The van der Waals surface area contributed by atoms with Gasteiger partial charge in [-0.15, -0.1) is 11.8 Å². The first kappa shape index (κ1) is 20.6. The van der Waals surface area contributed by atoms with E-state index in [1.807, 2.05) is 0 Å². The van der Waals surface area contributed by atoms with E-state index in [-0.39, 0.29) is 11.4 Å². The van der Waals surface area contributed by atoms with Crippen molar-refractivity contribution in [2.75, 3.05) is 16.8 Å². The molecule has 4 N–H and O–H groups in total. The lowest BCUT2D eigenvalue weighted by Crippen LogP contribution is -2.42. The van der Waals surface area contributed by atoms with Crippen LogP contribution in [0.3, 0.4) is 0 Å². The highest BCUT2D eigenvalue weighted by Crippen LogP contribution is 2.38. The Morgan fingerprint density at radius 2 is 2.00 bits per heavy atom. The number of hydrogen-bond donors (Lipinski definition) is 3. The van der Waals surface area contributed by atoms with E-state index in [9.17, 15) is 23.1 Å². The van der Waals surface area contributed by atoms with Crippen molar-refractivity contribution < 1.29 is 23.1 Å². The van der Waals surface area contributed by atoms with E-state index in [4.69, 9.17) is 12.3 Å². The van der Waals surface area contributed by atoms with Crippen LogP contribution in [0.15, 0.2) is 47.4 Å². The van der Waals surface area contributed by atoms with Gasteiger partial charge in [-0.25, -0.2) is 4.85 Å². The standard InChI is InChI=1S/C18H16F3N3O2S/c1-17(26,10-27-13-5-3-4-11(22)8-13)16(25)24-12-6-7-15(23-2)14(9-12)18(19,20)21/h3-9,26H,10,22H2,1H3,(H,24,25). The van der Waals surface area contributed by atoms with Crippen molar-refractivity contribution in [3.05, 3.63) is 59.4 Å². The molecule has 0 fully saturated rings. The zero-order valence-corrected chi connectivity index (χ0v) is 15.0. The summed E-state index contributed by atoms with van der Waals surface area (Å²) in [5.74, 6) is -0.892. The molecule has 0 bridgehead atoms. The van der Waals surface area contributed by atoms with Crippen LogP contribution in [0.4, 0.5) is 30.2 Å². The molecule has 5 nitrogen and oxygen atoms in total. The summed E-state index contributed by atoms with van der Waals surface area (Å²) in [6, 6.07) is 9.69. The fourth-order valence-corrected chi connectivity index (χ4v) is 3.07. The van der Waals surface area contributed by atoms with Crippen LogP contribution in [0.25, 0.3) is 4.85 Å². The number of carbonyl (C=O) groups is 1. The summed E-state index contributed by atoms with van der Waals surface area (Å²) < 4.78 is 39.0. The molecule has 0 saturated carbocycles. The lowest BCUT2D eigenvalue weighted by molar-refractivity contribution is -0.137. The monoisotopic (exact) mass is 395 g/mol. The van der Waals surface area contributed by atoms with Crippen LogP contribution in [0.1, 0.15) is 12.5 Å². The smallest absolute Gasteiger partial charge is 0.399 e. The summed E-state index contributed by atoms with van der Waals surface area (Å²) in [6.45, 7) is 8.08. The predicted octanol–water partition coefficient (Wildman–Crippen LogP) is 4.32. The number of nitrogens with zero attached hydrogens (tertiary/aromatic N) is 1. The Balaban J connectivity index is 2.12. The van der Waals surface area contributed by atoms with Crippen molar-refractivity contribution in [3.63, 3.8) is 0 Å². The highest BCUT2D eigenvalue weighted by molar-refractivity contribution is 7.99. The van der Waals surface area contributed by atoms with E-state index < -0.39 is 28.9 Å². The normalized spacial score (nSPS) is 13.5. The molecule has 142 valence electrons. The molecule has 27 heavy (non-hydrogen) atoms. The summed E-state index contributed by atoms with van der Waals surface area (Å²) >= 11 is 1.18. The Kier molecular flexibility index (Phi) is 6.03. The number of halogens is 3. The molecule has 0 aliphatic carbocycles. The number of nitrogen functional groups attached to an aromatic ring is 1. The van der Waals surface area contributed by atoms with Crippen molar-refractivity contribution >= 4 is 34.7 Å². The van der Waals surface area contributed by atoms with Gasteiger partial charge in [-0.1, -0.05) is 12.1 Å². The summed E-state index contributed by atoms with van der Waals surface area (Å²) in [7, 11) is 0. The zero-order valence-electron chi connectivity index (χ0n) is 14.2. The van der Waals surface area contributed by atoms with Gasteiger partial charge in [0.1, 0.15) is 5.60 Å². The number of rotatable bonds is 5. The van der Waals surface area contributed by atoms with Crippen molar-refractivity contribution in [1.29, 1.82) is 0 Å². The van der Waals surface area contributed by atoms with E-state index >= 15 is 0 Å². The first-order valence-corrected chi connectivity index (χ1v) is 8.62. The number of thioether (sulfide) groups is 1. The maximum absolute atomic E-state index is 13.0. The number of nitrogens with one attached hydrogen (secondary N) is 1. The SMILES string of the molecule is [C-]#[N+]c1ccc(NC(=O)C(C)(O)CSc2cccc(N)c2)cc1C(F)(F)F. The molecule has 2 aromatic carbocycles. The van der Waals surface area contributed by atoms with Crippen molar-refractivity contribution in [2.45, 2.75) is 23.6 Å². The summed E-state index contributed by atoms with van der Waals surface area (Å²) in [4.78, 5) is 15.9. The molecular formula is C18H16F3N3O2S. The molecule has 2 aromatic rings. The maximum atomic E-state index is 13.0. The molecule has 1 atom stereocenters. The molecular weight excluding hydrogens is 379 g/mol. The molecule has 0 saturated heterocycles. The maximum Gasteiger partial charge on any atom is 0.407 e. The minimum absolute atomic E-state index is 0.0332. The van der Waals surface area contributed by atoms with Gasteiger partial charge >= 0.3 is 6.18 Å². The summed E-state index contributed by atoms with van der Waals surface area (Å²) in [5.41, 5.74) is 2.48. The summed E-state index contributed by atoms with van der Waals surface area (Å²) in [5, 5.41) is 12.6. The molecule has 0 aromatic heterocycles. The number of benzene rings is 2. The molecule has 0 aliphatic heterocycles. The van der Waals surface area contributed by atoms with Crippen LogP contribution >= 0.6 is 11.8 Å². The topological polar surface area (TPSA) is 79.7 Å². The molecule has 0 radical (unpaired) electrons. The quantitative estimate of drug-likeness (QED) is 0.400. The average molecular weight is 395 g/mol. The van der Waals surface area contributed by atoms with Gasteiger partial charge in [-0.05, 0) is 37.3 Å². The van der Waals surface area contributed by atoms with Gasteiger partial charge in [0.25, 0.3) is 5.91 Å². The van der Waals surface area contributed by atoms with Gasteiger partial charge in [-0.2, -0.15) is 13.2 Å². The van der Waals surface area contributed by atoms with Crippen LogP contribution in [0.2, 0.25) is 0 Å². The largest absolute Gasteiger partial charge is 0.407 e. The minimum Gasteiger partial charge on any atom is -0.399 e. The molecule has 1 unspecified atom stereocenters. The number of nitrogens with two attached hydrogens (primary N) is 1. The summed E-state index contributed by atoms with van der Waals surface area (Å²) in [6.07, 6.45) is -4.73. The second kappa shape index (κ2) is 7.90. The third-order valence-electron chi connectivity index (χ3n) is 3.55. The number of alkyl halides is 3. The molecule has 2 rings (SSSR count). The molecule has 0 heterocycles. The number of carbonyl (C=O) groups excluding carboxylic acids is 1.